The van der Waals surface area contributed by atoms with Gasteiger partial charge in [-0.05, 0) is 78.6 Å². The van der Waals surface area contributed by atoms with E-state index in [-0.39, 0.29) is 17.2 Å². The number of amides is 2. The summed E-state index contributed by atoms with van der Waals surface area (Å²) in [4.78, 5) is 33.9. The number of carbonyl (C=O) groups is 2. The molecule has 2 heterocycles. The van der Waals surface area contributed by atoms with Gasteiger partial charge in [-0.3, -0.25) is 14.7 Å². The van der Waals surface area contributed by atoms with Gasteiger partial charge in [-0.2, -0.15) is 0 Å². The van der Waals surface area contributed by atoms with Gasteiger partial charge >= 0.3 is 6.09 Å². The number of halogens is 1. The van der Waals surface area contributed by atoms with E-state index in [9.17, 15) is 14.7 Å². The molecule has 2 aromatic rings. The van der Waals surface area contributed by atoms with Crippen LogP contribution in [0.4, 0.5) is 26.5 Å². The van der Waals surface area contributed by atoms with Crippen molar-refractivity contribution in [3.63, 3.8) is 0 Å². The number of nitrogens with two attached hydrogens (primary N) is 2. The third kappa shape index (κ3) is 7.01. The minimum absolute atomic E-state index is 0.0580. The SMILES string of the molecule is Cc1cc(Nc2nc(N[C@@H](CCCN)[C@H](C)N(C(=O)O)C(C)(C)C)c(F)cc2C(N)=O)cnc1C. The summed E-state index contributed by atoms with van der Waals surface area (Å²) in [5.41, 5.74) is 12.7. The first-order valence-corrected chi connectivity index (χ1v) is 11.5. The molecule has 0 fully saturated rings. The summed E-state index contributed by atoms with van der Waals surface area (Å²) in [6, 6.07) is 1.78. The number of hydrogen-bond acceptors (Lipinski definition) is 7. The molecular formula is C24H36FN7O3. The molecule has 11 heteroatoms. The summed E-state index contributed by atoms with van der Waals surface area (Å²) in [5, 5.41) is 15.9. The zero-order valence-corrected chi connectivity index (χ0v) is 21.1. The van der Waals surface area contributed by atoms with Gasteiger partial charge in [0.2, 0.25) is 0 Å². The van der Waals surface area contributed by atoms with Crippen molar-refractivity contribution < 1.29 is 19.1 Å². The Morgan fingerprint density at radius 3 is 2.40 bits per heavy atom. The maximum Gasteiger partial charge on any atom is 0.408 e. The number of carbonyl (C=O) groups excluding carboxylic acids is 1. The Bertz CT molecular complexity index is 1070. The van der Waals surface area contributed by atoms with Crippen LogP contribution in [0.2, 0.25) is 0 Å². The zero-order chi connectivity index (χ0) is 26.5. The van der Waals surface area contributed by atoms with Crippen molar-refractivity contribution >= 4 is 29.3 Å². The molecule has 10 nitrogen and oxygen atoms in total. The predicted molar refractivity (Wildman–Crippen MR) is 134 cm³/mol. The number of anilines is 3. The van der Waals surface area contributed by atoms with E-state index in [1.807, 2.05) is 19.9 Å². The molecule has 2 amide bonds. The molecule has 0 aliphatic rings. The highest BCUT2D eigenvalue weighted by atomic mass is 19.1. The van der Waals surface area contributed by atoms with Gasteiger partial charge in [-0.1, -0.05) is 0 Å². The Kier molecular flexibility index (Phi) is 8.97. The molecule has 192 valence electrons. The number of aromatic nitrogens is 2. The smallest absolute Gasteiger partial charge is 0.408 e. The summed E-state index contributed by atoms with van der Waals surface area (Å²) in [6.07, 6.45) is 1.54. The number of rotatable bonds is 10. The minimum Gasteiger partial charge on any atom is -0.465 e. The third-order valence-electron chi connectivity index (χ3n) is 5.80. The van der Waals surface area contributed by atoms with Crippen LogP contribution in [-0.4, -0.2) is 56.1 Å². The van der Waals surface area contributed by atoms with Gasteiger partial charge in [0.15, 0.2) is 11.6 Å². The van der Waals surface area contributed by atoms with Gasteiger partial charge in [-0.15, -0.1) is 0 Å². The molecular weight excluding hydrogens is 453 g/mol. The lowest BCUT2D eigenvalue weighted by molar-refractivity contribution is 0.0682. The molecule has 2 atom stereocenters. The third-order valence-corrected chi connectivity index (χ3v) is 5.80. The Morgan fingerprint density at radius 2 is 1.89 bits per heavy atom. The molecule has 0 spiro atoms. The van der Waals surface area contributed by atoms with Gasteiger partial charge in [0.25, 0.3) is 5.91 Å². The maximum absolute atomic E-state index is 15.1. The van der Waals surface area contributed by atoms with E-state index in [0.29, 0.717) is 25.1 Å². The summed E-state index contributed by atoms with van der Waals surface area (Å²) in [7, 11) is 0. The van der Waals surface area contributed by atoms with Crippen LogP contribution in [0.3, 0.4) is 0 Å². The molecule has 2 aromatic heterocycles. The van der Waals surface area contributed by atoms with Crippen molar-refractivity contribution in [1.82, 2.24) is 14.9 Å². The average molecular weight is 490 g/mol. The molecule has 0 saturated carbocycles. The first-order chi connectivity index (χ1) is 16.3. The van der Waals surface area contributed by atoms with E-state index in [1.165, 1.54) is 4.90 Å². The van der Waals surface area contributed by atoms with E-state index in [2.05, 4.69) is 20.6 Å². The quantitative estimate of drug-likeness (QED) is 0.337. The van der Waals surface area contributed by atoms with Gasteiger partial charge in [0, 0.05) is 17.3 Å². The highest BCUT2D eigenvalue weighted by molar-refractivity contribution is 5.98. The number of aryl methyl sites for hydroxylation is 2. The summed E-state index contributed by atoms with van der Waals surface area (Å²) < 4.78 is 15.1. The lowest BCUT2D eigenvalue weighted by Gasteiger charge is -2.42. The minimum atomic E-state index is -1.09. The van der Waals surface area contributed by atoms with Crippen LogP contribution < -0.4 is 22.1 Å². The number of nitrogens with zero attached hydrogens (tertiary/aromatic N) is 3. The van der Waals surface area contributed by atoms with Crippen LogP contribution in [0.1, 0.15) is 62.2 Å². The van der Waals surface area contributed by atoms with Crippen molar-refractivity contribution in [1.29, 1.82) is 0 Å². The number of primary amides is 1. The number of pyridine rings is 2. The number of hydrogen-bond donors (Lipinski definition) is 5. The predicted octanol–water partition coefficient (Wildman–Crippen LogP) is 3.76. The topological polar surface area (TPSA) is 159 Å². The lowest BCUT2D eigenvalue weighted by atomic mass is 9.97. The number of nitrogens with one attached hydrogen (secondary N) is 2. The molecule has 7 N–H and O–H groups in total. The second-order valence-electron chi connectivity index (χ2n) is 9.58. The van der Waals surface area contributed by atoms with E-state index >= 15 is 4.39 Å². The van der Waals surface area contributed by atoms with Gasteiger partial charge in [-0.25, -0.2) is 14.2 Å². The fraction of sp³-hybridized carbons (Fsp3) is 0.500. The molecule has 0 aromatic carbocycles. The Hall–Kier alpha value is -3.47. The summed E-state index contributed by atoms with van der Waals surface area (Å²) in [6.45, 7) is 11.3. The van der Waals surface area contributed by atoms with E-state index in [4.69, 9.17) is 11.5 Å². The molecule has 0 radical (unpaired) electrons. The van der Waals surface area contributed by atoms with Crippen LogP contribution in [0, 0.1) is 19.7 Å². The second-order valence-corrected chi connectivity index (χ2v) is 9.58. The first-order valence-electron chi connectivity index (χ1n) is 11.5. The molecule has 0 bridgehead atoms. The Morgan fingerprint density at radius 1 is 1.23 bits per heavy atom. The Labute approximate surface area is 205 Å². The van der Waals surface area contributed by atoms with Crippen molar-refractivity contribution in [2.24, 2.45) is 11.5 Å². The monoisotopic (exact) mass is 489 g/mol. The Balaban J connectivity index is 2.48. The van der Waals surface area contributed by atoms with Crippen molar-refractivity contribution in [2.75, 3.05) is 17.2 Å². The van der Waals surface area contributed by atoms with E-state index in [1.54, 1.807) is 33.9 Å². The van der Waals surface area contributed by atoms with Crippen molar-refractivity contribution in [3.8, 4) is 0 Å². The molecule has 0 saturated heterocycles. The molecule has 2 rings (SSSR count). The average Bonchev–Trinajstić information content (AvgIpc) is 2.73. The maximum atomic E-state index is 15.1. The van der Waals surface area contributed by atoms with Crippen LogP contribution in [-0.2, 0) is 0 Å². The fourth-order valence-corrected chi connectivity index (χ4v) is 3.92. The van der Waals surface area contributed by atoms with E-state index in [0.717, 1.165) is 17.3 Å². The highest BCUT2D eigenvalue weighted by Crippen LogP contribution is 2.27. The normalized spacial score (nSPS) is 13.1. The van der Waals surface area contributed by atoms with Gasteiger partial charge < -0.3 is 27.2 Å². The standard InChI is InChI=1S/C24H36FN7O3/c1-13-10-16(12-28-14(13)2)29-21-17(20(27)33)11-18(25)22(31-21)30-19(8-7-9-26)15(3)32(23(34)35)24(4,5)6/h10-12,15,19H,7-9,26H2,1-6H3,(H2,27,33)(H,34,35)(H2,29,30,31)/t15-,19-/m0/s1. The second kappa shape index (κ2) is 11.3. The van der Waals surface area contributed by atoms with Crippen LogP contribution in [0.25, 0.3) is 0 Å². The zero-order valence-electron chi connectivity index (χ0n) is 21.1. The van der Waals surface area contributed by atoms with Crippen molar-refractivity contribution in [2.45, 2.75) is 72.0 Å². The van der Waals surface area contributed by atoms with Crippen LogP contribution in [0.5, 0.6) is 0 Å². The number of carboxylic acid groups (broad SMARTS) is 1. The highest BCUT2D eigenvalue weighted by Gasteiger charge is 2.35. The van der Waals surface area contributed by atoms with Crippen molar-refractivity contribution in [3.05, 3.63) is 41.0 Å². The molecule has 0 unspecified atom stereocenters. The molecule has 35 heavy (non-hydrogen) atoms. The lowest BCUT2D eigenvalue weighted by Crippen LogP contribution is -2.56. The molecule has 0 aliphatic carbocycles. The first kappa shape index (κ1) is 27.8. The molecule has 0 aliphatic heterocycles. The van der Waals surface area contributed by atoms with Crippen LogP contribution in [0.15, 0.2) is 18.3 Å². The van der Waals surface area contributed by atoms with E-state index < -0.39 is 35.4 Å². The summed E-state index contributed by atoms with van der Waals surface area (Å²) >= 11 is 0. The van der Waals surface area contributed by atoms with Crippen LogP contribution >= 0.6 is 0 Å². The summed E-state index contributed by atoms with van der Waals surface area (Å²) in [5.74, 6) is -1.71. The largest absolute Gasteiger partial charge is 0.465 e. The fourth-order valence-electron chi connectivity index (χ4n) is 3.92. The van der Waals surface area contributed by atoms with Gasteiger partial charge in [0.05, 0.1) is 23.5 Å². The van der Waals surface area contributed by atoms with Gasteiger partial charge in [0.1, 0.15) is 5.82 Å².